The van der Waals surface area contributed by atoms with Crippen LogP contribution >= 0.6 is 0 Å². The summed E-state index contributed by atoms with van der Waals surface area (Å²) in [5.74, 6) is 0.0672. The highest BCUT2D eigenvalue weighted by atomic mass is 32.2. The van der Waals surface area contributed by atoms with Crippen molar-refractivity contribution < 1.29 is 13.2 Å². The molecule has 0 aromatic heterocycles. The van der Waals surface area contributed by atoms with Gasteiger partial charge in [0.05, 0.1) is 4.90 Å². The number of carbonyl (C=O) groups excluding carboxylic acids is 1. The van der Waals surface area contributed by atoms with Gasteiger partial charge in [-0.15, -0.1) is 0 Å². The summed E-state index contributed by atoms with van der Waals surface area (Å²) in [6.07, 6.45) is 4.37. The molecule has 0 unspecified atom stereocenters. The van der Waals surface area contributed by atoms with Crippen molar-refractivity contribution in [3.63, 3.8) is 0 Å². The number of sulfonamides is 1. The number of hydrogen-bond acceptors (Lipinski definition) is 4. The van der Waals surface area contributed by atoms with E-state index in [1.165, 1.54) is 0 Å². The van der Waals surface area contributed by atoms with Crippen LogP contribution in [0.25, 0.3) is 0 Å². The van der Waals surface area contributed by atoms with Gasteiger partial charge in [-0.2, -0.15) is 0 Å². The zero-order valence-corrected chi connectivity index (χ0v) is 15.4. The predicted molar refractivity (Wildman–Crippen MR) is 96.9 cm³/mol. The molecule has 136 valence electrons. The van der Waals surface area contributed by atoms with E-state index < -0.39 is 10.0 Å². The van der Waals surface area contributed by atoms with Crippen molar-refractivity contribution in [2.24, 2.45) is 0 Å². The van der Waals surface area contributed by atoms with Crippen LogP contribution in [0.1, 0.15) is 24.5 Å². The lowest BCUT2D eigenvalue weighted by atomic mass is 10.0. The van der Waals surface area contributed by atoms with Gasteiger partial charge in [0.25, 0.3) is 0 Å². The Hall–Kier alpha value is -1.70. The van der Waals surface area contributed by atoms with Gasteiger partial charge in [0.1, 0.15) is 0 Å². The van der Waals surface area contributed by atoms with Crippen molar-refractivity contribution in [3.8, 4) is 0 Å². The summed E-state index contributed by atoms with van der Waals surface area (Å²) < 4.78 is 27.9. The summed E-state index contributed by atoms with van der Waals surface area (Å²) in [5.41, 5.74) is 3.27. The maximum Gasteiger partial charge on any atom is 0.240 e. The van der Waals surface area contributed by atoms with E-state index in [4.69, 9.17) is 0 Å². The standard InChI is InChI=1S/C18H25N3O3S/c1-14(22)21-10-6-16-2-3-18(12-17(16)7-11-21)25(23,24)20-13-15-4-8-19-9-5-15/h2-4,12,19-20H,5-11,13H2,1H3. The van der Waals surface area contributed by atoms with Crippen LogP contribution in [-0.4, -0.2) is 51.9 Å². The van der Waals surface area contributed by atoms with Gasteiger partial charge >= 0.3 is 0 Å². The van der Waals surface area contributed by atoms with Crippen molar-refractivity contribution in [2.75, 3.05) is 32.7 Å². The molecule has 0 fully saturated rings. The Bertz CT molecular complexity index is 787. The van der Waals surface area contributed by atoms with Crippen LogP contribution < -0.4 is 10.0 Å². The molecule has 1 amide bonds. The fourth-order valence-electron chi connectivity index (χ4n) is 3.28. The molecule has 2 aliphatic heterocycles. The molecule has 2 heterocycles. The van der Waals surface area contributed by atoms with Gasteiger partial charge in [0, 0.05) is 33.1 Å². The van der Waals surface area contributed by atoms with Gasteiger partial charge in [0.15, 0.2) is 0 Å². The quantitative estimate of drug-likeness (QED) is 0.777. The number of carbonyl (C=O) groups is 1. The fraction of sp³-hybridized carbons (Fsp3) is 0.500. The average Bonchev–Trinajstić information content (AvgIpc) is 2.83. The summed E-state index contributed by atoms with van der Waals surface area (Å²) in [4.78, 5) is 13.7. The molecule has 3 rings (SSSR count). The molecule has 0 saturated heterocycles. The first-order chi connectivity index (χ1) is 12.0. The number of fused-ring (bicyclic) bond motifs is 1. The second-order valence-corrected chi connectivity index (χ2v) is 8.34. The zero-order chi connectivity index (χ0) is 17.9. The first-order valence-corrected chi connectivity index (χ1v) is 10.2. The van der Waals surface area contributed by atoms with Crippen LogP contribution in [0.3, 0.4) is 0 Å². The number of hydrogen-bond donors (Lipinski definition) is 2. The summed E-state index contributed by atoms with van der Waals surface area (Å²) in [7, 11) is -3.53. The molecule has 0 spiro atoms. The van der Waals surface area contributed by atoms with Crippen LogP contribution in [0.4, 0.5) is 0 Å². The normalized spacial score (nSPS) is 18.3. The van der Waals surface area contributed by atoms with Crippen molar-refractivity contribution >= 4 is 15.9 Å². The number of amides is 1. The third-order valence-electron chi connectivity index (χ3n) is 4.88. The van der Waals surface area contributed by atoms with Crippen molar-refractivity contribution in [3.05, 3.63) is 41.0 Å². The Morgan fingerprint density at radius 2 is 1.96 bits per heavy atom. The van der Waals surface area contributed by atoms with Gasteiger partial charge in [-0.25, -0.2) is 13.1 Å². The van der Waals surface area contributed by atoms with E-state index in [9.17, 15) is 13.2 Å². The molecule has 0 atom stereocenters. The molecule has 0 aliphatic carbocycles. The van der Waals surface area contributed by atoms with Gasteiger partial charge in [-0.3, -0.25) is 4.79 Å². The molecule has 25 heavy (non-hydrogen) atoms. The minimum atomic E-state index is -3.53. The topological polar surface area (TPSA) is 78.5 Å². The van der Waals surface area contributed by atoms with Crippen LogP contribution in [0.2, 0.25) is 0 Å². The maximum atomic E-state index is 12.6. The number of nitrogens with one attached hydrogen (secondary N) is 2. The minimum Gasteiger partial charge on any atom is -0.342 e. The van der Waals surface area contributed by atoms with Crippen molar-refractivity contribution in [1.29, 1.82) is 0 Å². The smallest absolute Gasteiger partial charge is 0.240 e. The van der Waals surface area contributed by atoms with E-state index in [0.717, 1.165) is 42.6 Å². The molecule has 2 N–H and O–H groups in total. The predicted octanol–water partition coefficient (Wildman–Crippen LogP) is 0.832. The third-order valence-corrected chi connectivity index (χ3v) is 6.28. The fourth-order valence-corrected chi connectivity index (χ4v) is 4.37. The molecule has 0 saturated carbocycles. The molecule has 1 aromatic rings. The highest BCUT2D eigenvalue weighted by molar-refractivity contribution is 7.89. The molecule has 0 bridgehead atoms. The van der Waals surface area contributed by atoms with E-state index in [0.29, 0.717) is 31.0 Å². The molecular weight excluding hydrogens is 338 g/mol. The molecule has 1 aromatic carbocycles. The van der Waals surface area contributed by atoms with E-state index in [1.54, 1.807) is 19.1 Å². The van der Waals surface area contributed by atoms with Gasteiger partial charge in [-0.05, 0) is 49.1 Å². The Morgan fingerprint density at radius 3 is 2.64 bits per heavy atom. The first-order valence-electron chi connectivity index (χ1n) is 8.71. The van der Waals surface area contributed by atoms with Crippen LogP contribution in [0, 0.1) is 0 Å². The van der Waals surface area contributed by atoms with E-state index in [-0.39, 0.29) is 5.91 Å². The lowest BCUT2D eigenvalue weighted by Gasteiger charge is -2.17. The van der Waals surface area contributed by atoms with Gasteiger partial charge < -0.3 is 10.2 Å². The SMILES string of the molecule is CC(=O)N1CCc2ccc(S(=O)(=O)NCC3=CCNCC3)cc2CC1. The highest BCUT2D eigenvalue weighted by Gasteiger charge is 2.20. The van der Waals surface area contributed by atoms with Crippen LogP contribution in [0.15, 0.2) is 34.7 Å². The van der Waals surface area contributed by atoms with Gasteiger partial charge in [0.2, 0.25) is 15.9 Å². The lowest BCUT2D eigenvalue weighted by molar-refractivity contribution is -0.128. The molecule has 6 nitrogen and oxygen atoms in total. The molecule has 0 radical (unpaired) electrons. The minimum absolute atomic E-state index is 0.0672. The zero-order valence-electron chi connectivity index (χ0n) is 14.5. The molecule has 7 heteroatoms. The Kier molecular flexibility index (Phi) is 5.56. The van der Waals surface area contributed by atoms with Crippen LogP contribution in [-0.2, 0) is 27.7 Å². The Morgan fingerprint density at radius 1 is 1.20 bits per heavy atom. The molecular formula is C18H25N3O3S. The first kappa shape index (κ1) is 18.1. The average molecular weight is 363 g/mol. The monoisotopic (exact) mass is 363 g/mol. The maximum absolute atomic E-state index is 12.6. The summed E-state index contributed by atoms with van der Waals surface area (Å²) >= 11 is 0. The van der Waals surface area contributed by atoms with E-state index in [1.807, 2.05) is 17.0 Å². The Balaban J connectivity index is 1.73. The third kappa shape index (κ3) is 4.48. The number of benzene rings is 1. The van der Waals surface area contributed by atoms with Gasteiger partial charge in [-0.1, -0.05) is 17.7 Å². The number of rotatable bonds is 4. The Labute approximate surface area is 149 Å². The van der Waals surface area contributed by atoms with E-state index >= 15 is 0 Å². The second-order valence-electron chi connectivity index (χ2n) is 6.58. The number of nitrogens with zero attached hydrogens (tertiary/aromatic N) is 1. The molecule has 2 aliphatic rings. The van der Waals surface area contributed by atoms with E-state index in [2.05, 4.69) is 10.0 Å². The highest BCUT2D eigenvalue weighted by Crippen LogP contribution is 2.21. The lowest BCUT2D eigenvalue weighted by Crippen LogP contribution is -2.30. The summed E-state index contributed by atoms with van der Waals surface area (Å²) in [5, 5.41) is 3.21. The summed E-state index contributed by atoms with van der Waals surface area (Å²) in [6, 6.07) is 5.32. The largest absolute Gasteiger partial charge is 0.342 e. The van der Waals surface area contributed by atoms with Crippen molar-refractivity contribution in [1.82, 2.24) is 14.9 Å². The second kappa shape index (κ2) is 7.68. The van der Waals surface area contributed by atoms with Crippen molar-refractivity contribution in [2.45, 2.75) is 31.1 Å². The van der Waals surface area contributed by atoms with Crippen LogP contribution in [0.5, 0.6) is 0 Å². The summed E-state index contributed by atoms with van der Waals surface area (Å²) in [6.45, 7) is 4.94.